The van der Waals surface area contributed by atoms with Gasteiger partial charge in [-0.2, -0.15) is 0 Å². The molecule has 98 valence electrons. The molecule has 0 bridgehead atoms. The fraction of sp³-hybridized carbons (Fsp3) is 0.818. The van der Waals surface area contributed by atoms with E-state index < -0.39 is 0 Å². The van der Waals surface area contributed by atoms with Crippen LogP contribution in [0.5, 0.6) is 0 Å². The molecule has 1 unspecified atom stereocenters. The van der Waals surface area contributed by atoms with E-state index in [2.05, 4.69) is 16.0 Å². The maximum absolute atomic E-state index is 11.9. The van der Waals surface area contributed by atoms with E-state index in [1.165, 1.54) is 4.90 Å². The third kappa shape index (κ3) is 3.89. The zero-order valence-electron chi connectivity index (χ0n) is 10.8. The number of carbonyl (C=O) groups excluding carboxylic acids is 2. The Bertz CT molecular complexity index is 285. The average Bonchev–Trinajstić information content (AvgIpc) is 2.72. The van der Waals surface area contributed by atoms with Gasteiger partial charge in [-0.05, 0) is 19.9 Å². The third-order valence-corrected chi connectivity index (χ3v) is 3.01. The maximum Gasteiger partial charge on any atom is 0.316 e. The van der Waals surface area contributed by atoms with Crippen LogP contribution in [0.15, 0.2) is 0 Å². The first-order valence-electron chi connectivity index (χ1n) is 5.90. The van der Waals surface area contributed by atoms with E-state index >= 15 is 0 Å². The van der Waals surface area contributed by atoms with Crippen LogP contribution in [0.4, 0.5) is 4.79 Å². The summed E-state index contributed by atoms with van der Waals surface area (Å²) in [6.07, 6.45) is 0.864. The number of amides is 3. The number of nitrogens with zero attached hydrogens (tertiary/aromatic N) is 1. The Kier molecular flexibility index (Phi) is 4.74. The molecule has 0 saturated carbocycles. The topological polar surface area (TPSA) is 73.5 Å². The van der Waals surface area contributed by atoms with Crippen LogP contribution in [0.25, 0.3) is 0 Å². The highest BCUT2D eigenvalue weighted by Gasteiger charge is 2.35. The summed E-state index contributed by atoms with van der Waals surface area (Å²) >= 11 is 0. The monoisotopic (exact) mass is 242 g/mol. The summed E-state index contributed by atoms with van der Waals surface area (Å²) in [5, 5.41) is 8.72. The van der Waals surface area contributed by atoms with Crippen molar-refractivity contribution in [3.8, 4) is 0 Å². The van der Waals surface area contributed by atoms with Gasteiger partial charge in [0.15, 0.2) is 0 Å². The Morgan fingerprint density at radius 1 is 1.29 bits per heavy atom. The van der Waals surface area contributed by atoms with Crippen molar-refractivity contribution in [3.63, 3.8) is 0 Å². The van der Waals surface area contributed by atoms with Gasteiger partial charge in [-0.1, -0.05) is 0 Å². The summed E-state index contributed by atoms with van der Waals surface area (Å²) in [6, 6.07) is -0.145. The highest BCUT2D eigenvalue weighted by atomic mass is 16.2. The zero-order valence-corrected chi connectivity index (χ0v) is 10.8. The first kappa shape index (κ1) is 13.8. The largest absolute Gasteiger partial charge is 0.354 e. The number of nitrogens with one attached hydrogen (secondary N) is 3. The van der Waals surface area contributed by atoms with Crippen LogP contribution >= 0.6 is 0 Å². The van der Waals surface area contributed by atoms with Crippen molar-refractivity contribution in [2.24, 2.45) is 5.41 Å². The van der Waals surface area contributed by atoms with Gasteiger partial charge in [0.05, 0.1) is 5.41 Å². The minimum atomic E-state index is -0.300. The lowest BCUT2D eigenvalue weighted by molar-refractivity contribution is -0.129. The number of rotatable bonds is 4. The van der Waals surface area contributed by atoms with Gasteiger partial charge in [0.2, 0.25) is 5.91 Å². The second-order valence-electron chi connectivity index (χ2n) is 4.87. The minimum Gasteiger partial charge on any atom is -0.354 e. The van der Waals surface area contributed by atoms with Crippen molar-refractivity contribution >= 4 is 11.9 Å². The van der Waals surface area contributed by atoms with Crippen molar-refractivity contribution < 1.29 is 9.59 Å². The SMILES string of the molecule is CN(C)C(=O)NCCNC(=O)C1(C)CCNC1. The third-order valence-electron chi connectivity index (χ3n) is 3.01. The molecule has 1 atom stereocenters. The Morgan fingerprint density at radius 2 is 1.94 bits per heavy atom. The molecular weight excluding hydrogens is 220 g/mol. The molecule has 1 aliphatic rings. The van der Waals surface area contributed by atoms with Crippen molar-refractivity contribution in [1.29, 1.82) is 0 Å². The molecule has 3 N–H and O–H groups in total. The van der Waals surface area contributed by atoms with E-state index in [1.807, 2.05) is 6.92 Å². The second kappa shape index (κ2) is 5.86. The first-order valence-corrected chi connectivity index (χ1v) is 5.90. The van der Waals surface area contributed by atoms with Crippen LogP contribution in [-0.2, 0) is 4.79 Å². The minimum absolute atomic E-state index is 0.0570. The molecule has 0 radical (unpaired) electrons. The summed E-state index contributed by atoms with van der Waals surface area (Å²) in [5.74, 6) is 0.0570. The summed E-state index contributed by atoms with van der Waals surface area (Å²) in [5.41, 5.74) is -0.300. The van der Waals surface area contributed by atoms with Crippen LogP contribution < -0.4 is 16.0 Å². The lowest BCUT2D eigenvalue weighted by Gasteiger charge is -2.21. The highest BCUT2D eigenvalue weighted by molar-refractivity contribution is 5.82. The summed E-state index contributed by atoms with van der Waals surface area (Å²) in [4.78, 5) is 24.5. The smallest absolute Gasteiger partial charge is 0.316 e. The van der Waals surface area contributed by atoms with Gasteiger partial charge in [0, 0.05) is 33.7 Å². The Morgan fingerprint density at radius 3 is 2.47 bits per heavy atom. The quantitative estimate of drug-likeness (QED) is 0.575. The van der Waals surface area contributed by atoms with Gasteiger partial charge < -0.3 is 20.9 Å². The van der Waals surface area contributed by atoms with Gasteiger partial charge >= 0.3 is 6.03 Å². The van der Waals surface area contributed by atoms with Crippen LogP contribution in [0.2, 0.25) is 0 Å². The Balaban J connectivity index is 2.18. The van der Waals surface area contributed by atoms with Crippen LogP contribution in [-0.4, -0.2) is 57.1 Å². The number of hydrogen-bond acceptors (Lipinski definition) is 3. The lowest BCUT2D eigenvalue weighted by atomic mass is 9.89. The molecule has 1 heterocycles. The standard InChI is InChI=1S/C11H22N4O2/c1-11(4-5-12-8-11)9(16)13-6-7-14-10(17)15(2)3/h12H,4-8H2,1-3H3,(H,13,16)(H,14,17). The normalized spacial score (nSPS) is 23.2. The lowest BCUT2D eigenvalue weighted by Crippen LogP contribution is -2.44. The highest BCUT2D eigenvalue weighted by Crippen LogP contribution is 2.24. The first-order chi connectivity index (χ1) is 7.96. The molecular formula is C11H22N4O2. The summed E-state index contributed by atoms with van der Waals surface area (Å²) in [7, 11) is 3.36. The second-order valence-corrected chi connectivity index (χ2v) is 4.87. The van der Waals surface area contributed by atoms with E-state index in [0.717, 1.165) is 19.5 Å². The summed E-state index contributed by atoms with van der Waals surface area (Å²) < 4.78 is 0. The molecule has 1 saturated heterocycles. The zero-order chi connectivity index (χ0) is 12.9. The number of urea groups is 1. The molecule has 0 aromatic rings. The van der Waals surface area contributed by atoms with E-state index in [1.54, 1.807) is 14.1 Å². The van der Waals surface area contributed by atoms with Crippen molar-refractivity contribution in [1.82, 2.24) is 20.9 Å². The van der Waals surface area contributed by atoms with Crippen LogP contribution in [0, 0.1) is 5.41 Å². The fourth-order valence-corrected chi connectivity index (χ4v) is 1.73. The molecule has 1 aliphatic heterocycles. The van der Waals surface area contributed by atoms with Gasteiger partial charge in [-0.15, -0.1) is 0 Å². The average molecular weight is 242 g/mol. The van der Waals surface area contributed by atoms with Gasteiger partial charge in [0.1, 0.15) is 0 Å². The molecule has 3 amide bonds. The van der Waals surface area contributed by atoms with Gasteiger partial charge in [0.25, 0.3) is 0 Å². The van der Waals surface area contributed by atoms with E-state index in [0.29, 0.717) is 13.1 Å². The van der Waals surface area contributed by atoms with Crippen molar-refractivity contribution in [2.45, 2.75) is 13.3 Å². The fourth-order valence-electron chi connectivity index (χ4n) is 1.73. The predicted molar refractivity (Wildman–Crippen MR) is 65.7 cm³/mol. The molecule has 0 aromatic heterocycles. The number of hydrogen-bond donors (Lipinski definition) is 3. The predicted octanol–water partition coefficient (Wildman–Crippen LogP) is -0.627. The van der Waals surface area contributed by atoms with E-state index in [9.17, 15) is 9.59 Å². The Labute approximate surface area is 102 Å². The molecule has 6 heteroatoms. The van der Waals surface area contributed by atoms with Crippen LogP contribution in [0.3, 0.4) is 0 Å². The van der Waals surface area contributed by atoms with Crippen molar-refractivity contribution in [2.75, 3.05) is 40.3 Å². The Hall–Kier alpha value is -1.30. The molecule has 0 aromatic carbocycles. The molecule has 0 spiro atoms. The maximum atomic E-state index is 11.9. The van der Waals surface area contributed by atoms with Gasteiger partial charge in [-0.25, -0.2) is 4.79 Å². The van der Waals surface area contributed by atoms with Crippen LogP contribution in [0.1, 0.15) is 13.3 Å². The molecule has 17 heavy (non-hydrogen) atoms. The molecule has 0 aliphatic carbocycles. The van der Waals surface area contributed by atoms with Gasteiger partial charge in [-0.3, -0.25) is 4.79 Å². The molecule has 1 fully saturated rings. The van der Waals surface area contributed by atoms with E-state index in [4.69, 9.17) is 0 Å². The van der Waals surface area contributed by atoms with Crippen molar-refractivity contribution in [3.05, 3.63) is 0 Å². The van der Waals surface area contributed by atoms with E-state index in [-0.39, 0.29) is 17.4 Å². The molecule has 6 nitrogen and oxygen atoms in total. The molecule has 1 rings (SSSR count). The summed E-state index contributed by atoms with van der Waals surface area (Å²) in [6.45, 7) is 4.49. The number of carbonyl (C=O) groups is 2.